The number of nitrogens with two attached hydrogens (primary N) is 1. The molecule has 0 amide bonds. The van der Waals surface area contributed by atoms with Gasteiger partial charge in [-0.15, -0.1) is 0 Å². The standard InChI is InChI=1S/C16H32N2O3/c1-4-14(5-2)18(11-12-21-3)10-8-13-7-6-9-16(13,17)15(19)20/h13-14H,4-12,17H2,1-3H3,(H,19,20). The molecule has 0 radical (unpaired) electrons. The minimum absolute atomic E-state index is 0.0920. The van der Waals surface area contributed by atoms with Gasteiger partial charge < -0.3 is 15.6 Å². The Hall–Kier alpha value is -0.650. The van der Waals surface area contributed by atoms with E-state index in [-0.39, 0.29) is 5.92 Å². The van der Waals surface area contributed by atoms with Gasteiger partial charge in [-0.2, -0.15) is 0 Å². The number of methoxy groups -OCH3 is 1. The Labute approximate surface area is 128 Å². The smallest absolute Gasteiger partial charge is 0.323 e. The van der Waals surface area contributed by atoms with E-state index in [0.29, 0.717) is 19.1 Å². The summed E-state index contributed by atoms with van der Waals surface area (Å²) in [4.78, 5) is 13.9. The maximum Gasteiger partial charge on any atom is 0.323 e. The molecule has 21 heavy (non-hydrogen) atoms. The number of hydrogen-bond acceptors (Lipinski definition) is 4. The monoisotopic (exact) mass is 300 g/mol. The second kappa shape index (κ2) is 8.71. The van der Waals surface area contributed by atoms with Crippen molar-refractivity contribution in [1.29, 1.82) is 0 Å². The lowest BCUT2D eigenvalue weighted by molar-refractivity contribution is -0.144. The molecule has 1 aliphatic rings. The van der Waals surface area contributed by atoms with Crippen LogP contribution in [-0.2, 0) is 9.53 Å². The van der Waals surface area contributed by atoms with Gasteiger partial charge in [0.25, 0.3) is 0 Å². The Bertz CT molecular complexity index is 321. The summed E-state index contributed by atoms with van der Waals surface area (Å²) in [6.07, 6.45) is 5.55. The van der Waals surface area contributed by atoms with Gasteiger partial charge in [0, 0.05) is 19.7 Å². The quantitative estimate of drug-likeness (QED) is 0.646. The zero-order valence-corrected chi connectivity index (χ0v) is 13.8. The van der Waals surface area contributed by atoms with Crippen LogP contribution in [0.3, 0.4) is 0 Å². The summed E-state index contributed by atoms with van der Waals surface area (Å²) in [5.41, 5.74) is 5.12. The number of ether oxygens (including phenoxy) is 1. The molecule has 0 aromatic heterocycles. The third kappa shape index (κ3) is 4.66. The first-order valence-corrected chi connectivity index (χ1v) is 8.24. The summed E-state index contributed by atoms with van der Waals surface area (Å²) in [5, 5.41) is 9.39. The van der Waals surface area contributed by atoms with E-state index in [0.717, 1.165) is 45.2 Å². The molecule has 1 saturated carbocycles. The number of carboxylic acid groups (broad SMARTS) is 1. The lowest BCUT2D eigenvalue weighted by Gasteiger charge is -2.33. The highest BCUT2D eigenvalue weighted by molar-refractivity contribution is 5.79. The summed E-state index contributed by atoms with van der Waals surface area (Å²) < 4.78 is 5.20. The van der Waals surface area contributed by atoms with Crippen molar-refractivity contribution < 1.29 is 14.6 Å². The fourth-order valence-corrected chi connectivity index (χ4v) is 3.60. The molecule has 2 atom stereocenters. The van der Waals surface area contributed by atoms with Crippen LogP contribution in [0.2, 0.25) is 0 Å². The van der Waals surface area contributed by atoms with Crippen LogP contribution in [-0.4, -0.2) is 54.4 Å². The van der Waals surface area contributed by atoms with Gasteiger partial charge in [0.2, 0.25) is 0 Å². The molecule has 2 unspecified atom stereocenters. The van der Waals surface area contributed by atoms with Gasteiger partial charge in [-0.3, -0.25) is 9.69 Å². The molecule has 0 aliphatic heterocycles. The number of carboxylic acids is 1. The van der Waals surface area contributed by atoms with Gasteiger partial charge in [-0.1, -0.05) is 20.3 Å². The van der Waals surface area contributed by atoms with Crippen molar-refractivity contribution in [3.8, 4) is 0 Å². The molecule has 0 saturated heterocycles. The Morgan fingerprint density at radius 1 is 1.43 bits per heavy atom. The second-order valence-corrected chi connectivity index (χ2v) is 6.22. The van der Waals surface area contributed by atoms with E-state index in [1.54, 1.807) is 7.11 Å². The van der Waals surface area contributed by atoms with Crippen LogP contribution in [0, 0.1) is 5.92 Å². The predicted octanol–water partition coefficient (Wildman–Crippen LogP) is 2.10. The minimum Gasteiger partial charge on any atom is -0.480 e. The van der Waals surface area contributed by atoms with Crippen molar-refractivity contribution in [3.05, 3.63) is 0 Å². The molecule has 1 aliphatic carbocycles. The van der Waals surface area contributed by atoms with Crippen LogP contribution < -0.4 is 5.73 Å². The van der Waals surface area contributed by atoms with Crippen molar-refractivity contribution in [2.45, 2.75) is 64.0 Å². The molecule has 1 fully saturated rings. The van der Waals surface area contributed by atoms with E-state index in [1.165, 1.54) is 0 Å². The van der Waals surface area contributed by atoms with E-state index in [2.05, 4.69) is 18.7 Å². The molecule has 124 valence electrons. The average Bonchev–Trinajstić information content (AvgIpc) is 2.85. The van der Waals surface area contributed by atoms with Crippen LogP contribution in [0.5, 0.6) is 0 Å². The van der Waals surface area contributed by atoms with Crippen molar-refractivity contribution in [1.82, 2.24) is 4.90 Å². The fraction of sp³-hybridized carbons (Fsp3) is 0.938. The number of carbonyl (C=O) groups is 1. The zero-order valence-electron chi connectivity index (χ0n) is 13.8. The molecular weight excluding hydrogens is 268 g/mol. The van der Waals surface area contributed by atoms with Gasteiger partial charge >= 0.3 is 5.97 Å². The first kappa shape index (κ1) is 18.4. The van der Waals surface area contributed by atoms with Gasteiger partial charge in [0.15, 0.2) is 0 Å². The summed E-state index contributed by atoms with van der Waals surface area (Å²) in [7, 11) is 1.72. The highest BCUT2D eigenvalue weighted by Crippen LogP contribution is 2.36. The number of hydrogen-bond donors (Lipinski definition) is 2. The maximum absolute atomic E-state index is 11.4. The van der Waals surface area contributed by atoms with Crippen LogP contribution in [0.4, 0.5) is 0 Å². The summed E-state index contributed by atoms with van der Waals surface area (Å²) in [6.45, 7) is 6.93. The first-order valence-electron chi connectivity index (χ1n) is 8.24. The third-order valence-electron chi connectivity index (χ3n) is 5.08. The summed E-state index contributed by atoms with van der Waals surface area (Å²) in [5.74, 6) is -0.745. The molecule has 0 aromatic rings. The number of rotatable bonds is 10. The molecule has 0 heterocycles. The molecule has 5 nitrogen and oxygen atoms in total. The average molecular weight is 300 g/mol. The van der Waals surface area contributed by atoms with E-state index < -0.39 is 11.5 Å². The highest BCUT2D eigenvalue weighted by Gasteiger charge is 2.45. The van der Waals surface area contributed by atoms with Gasteiger partial charge in [0.05, 0.1) is 6.61 Å². The fourth-order valence-electron chi connectivity index (χ4n) is 3.60. The van der Waals surface area contributed by atoms with Gasteiger partial charge in [-0.25, -0.2) is 0 Å². The van der Waals surface area contributed by atoms with Crippen molar-refractivity contribution in [3.63, 3.8) is 0 Å². The number of aliphatic carboxylic acids is 1. The van der Waals surface area contributed by atoms with Crippen LogP contribution in [0.1, 0.15) is 52.4 Å². The Morgan fingerprint density at radius 2 is 2.10 bits per heavy atom. The van der Waals surface area contributed by atoms with E-state index in [4.69, 9.17) is 10.5 Å². The van der Waals surface area contributed by atoms with E-state index in [1.807, 2.05) is 0 Å². The molecule has 1 rings (SSSR count). The first-order chi connectivity index (χ1) is 9.99. The molecule has 0 bridgehead atoms. The Morgan fingerprint density at radius 3 is 2.62 bits per heavy atom. The molecule has 0 aromatic carbocycles. The van der Waals surface area contributed by atoms with E-state index >= 15 is 0 Å². The summed E-state index contributed by atoms with van der Waals surface area (Å²) >= 11 is 0. The maximum atomic E-state index is 11.4. The summed E-state index contributed by atoms with van der Waals surface area (Å²) in [6, 6.07) is 0.540. The lowest BCUT2D eigenvalue weighted by atomic mass is 9.85. The zero-order chi connectivity index (χ0) is 15.9. The molecule has 5 heteroatoms. The Kier molecular flexibility index (Phi) is 7.63. The SMILES string of the molecule is CCC(CC)N(CCOC)CCC1CCCC1(N)C(=O)O. The van der Waals surface area contributed by atoms with Gasteiger partial charge in [-0.05, 0) is 44.6 Å². The topological polar surface area (TPSA) is 75.8 Å². The van der Waals surface area contributed by atoms with Crippen molar-refractivity contribution >= 4 is 5.97 Å². The van der Waals surface area contributed by atoms with E-state index in [9.17, 15) is 9.90 Å². The van der Waals surface area contributed by atoms with Crippen molar-refractivity contribution in [2.75, 3.05) is 26.8 Å². The molecular formula is C16H32N2O3. The minimum atomic E-state index is -1.01. The third-order valence-corrected chi connectivity index (χ3v) is 5.08. The largest absolute Gasteiger partial charge is 0.480 e. The lowest BCUT2D eigenvalue weighted by Crippen LogP contribution is -2.52. The van der Waals surface area contributed by atoms with Gasteiger partial charge in [0.1, 0.15) is 5.54 Å². The highest BCUT2D eigenvalue weighted by atomic mass is 16.5. The van der Waals surface area contributed by atoms with Crippen LogP contribution >= 0.6 is 0 Å². The Balaban J connectivity index is 2.61. The van der Waals surface area contributed by atoms with Crippen LogP contribution in [0.25, 0.3) is 0 Å². The number of nitrogens with zero attached hydrogens (tertiary/aromatic N) is 1. The normalized spacial score (nSPS) is 25.9. The molecule has 0 spiro atoms. The predicted molar refractivity (Wildman–Crippen MR) is 84.3 cm³/mol. The van der Waals surface area contributed by atoms with Crippen molar-refractivity contribution in [2.24, 2.45) is 11.7 Å². The second-order valence-electron chi connectivity index (χ2n) is 6.22. The molecule has 3 N–H and O–H groups in total. The van der Waals surface area contributed by atoms with Crippen LogP contribution in [0.15, 0.2) is 0 Å².